The Morgan fingerprint density at radius 2 is 1.79 bits per heavy atom. The summed E-state index contributed by atoms with van der Waals surface area (Å²) in [6, 6.07) is 5.97. The molecule has 1 aromatic carbocycles. The molecule has 0 aliphatic rings. The molecule has 0 fully saturated rings. The largest absolute Gasteiger partial charge is 0.465 e. The standard InChI is InChI=1S/C26H25F3N4O5/c1-7-36-23-31-21-16(22(34)17-9-8-10-19(30-17)26(27,28)29)11-15(20-13(2)32-38-14(20)3)12-18(21)33(23)24(35)37-25(4,5)6/h8-12H,7H2,1-6H3. The van der Waals surface area contributed by atoms with E-state index in [2.05, 4.69) is 15.1 Å². The van der Waals surface area contributed by atoms with Crippen molar-refractivity contribution in [3.05, 3.63) is 58.7 Å². The summed E-state index contributed by atoms with van der Waals surface area (Å²) >= 11 is 0. The highest BCUT2D eigenvalue weighted by atomic mass is 19.4. The molecular formula is C26H25F3N4O5. The number of ketones is 1. The number of ether oxygens (including phenoxy) is 2. The summed E-state index contributed by atoms with van der Waals surface area (Å²) < 4.78 is 57.4. The molecule has 38 heavy (non-hydrogen) atoms. The van der Waals surface area contributed by atoms with Gasteiger partial charge in [0.2, 0.25) is 5.78 Å². The molecule has 0 N–H and O–H groups in total. The van der Waals surface area contributed by atoms with Crippen LogP contribution in [0.3, 0.4) is 0 Å². The number of nitrogens with zero attached hydrogens (tertiary/aromatic N) is 4. The number of benzene rings is 1. The number of hydrogen-bond donors (Lipinski definition) is 0. The van der Waals surface area contributed by atoms with Gasteiger partial charge in [-0.15, -0.1) is 0 Å². The van der Waals surface area contributed by atoms with E-state index in [0.29, 0.717) is 22.6 Å². The van der Waals surface area contributed by atoms with E-state index >= 15 is 0 Å². The Balaban J connectivity index is 2.03. The summed E-state index contributed by atoms with van der Waals surface area (Å²) in [6.07, 6.45) is -5.56. The van der Waals surface area contributed by atoms with Crippen LogP contribution in [0.25, 0.3) is 22.2 Å². The molecule has 4 aromatic rings. The number of halogens is 3. The lowest BCUT2D eigenvalue weighted by Crippen LogP contribution is -2.27. The Morgan fingerprint density at radius 1 is 1.08 bits per heavy atom. The summed E-state index contributed by atoms with van der Waals surface area (Å²) in [5, 5.41) is 3.95. The van der Waals surface area contributed by atoms with Crippen molar-refractivity contribution >= 4 is 22.9 Å². The lowest BCUT2D eigenvalue weighted by atomic mass is 9.97. The van der Waals surface area contributed by atoms with E-state index in [-0.39, 0.29) is 29.2 Å². The minimum Gasteiger partial charge on any atom is -0.465 e. The molecule has 0 saturated carbocycles. The van der Waals surface area contributed by atoms with Gasteiger partial charge in [-0.05, 0) is 71.4 Å². The SMILES string of the molecule is CCOc1nc2c(C(=O)c3cccc(C(F)(F)F)n3)cc(-c3c(C)noc3C)cc2n1C(=O)OC(C)(C)C. The molecule has 0 aliphatic carbocycles. The molecule has 3 heterocycles. The first-order valence-corrected chi connectivity index (χ1v) is 11.7. The molecule has 0 atom stereocenters. The van der Waals surface area contributed by atoms with Crippen molar-refractivity contribution in [3.63, 3.8) is 0 Å². The maximum Gasteiger partial charge on any atom is 0.433 e. The molecule has 0 spiro atoms. The lowest BCUT2D eigenvalue weighted by Gasteiger charge is -2.20. The number of rotatable bonds is 5. The Morgan fingerprint density at radius 3 is 2.37 bits per heavy atom. The van der Waals surface area contributed by atoms with Gasteiger partial charge in [-0.2, -0.15) is 22.7 Å². The predicted octanol–water partition coefficient (Wildman–Crippen LogP) is 6.13. The summed E-state index contributed by atoms with van der Waals surface area (Å²) in [4.78, 5) is 34.8. The third-order valence-electron chi connectivity index (χ3n) is 5.42. The van der Waals surface area contributed by atoms with E-state index in [4.69, 9.17) is 14.0 Å². The molecule has 3 aromatic heterocycles. The third-order valence-corrected chi connectivity index (χ3v) is 5.42. The van der Waals surface area contributed by atoms with Crippen molar-refractivity contribution in [2.45, 2.75) is 53.3 Å². The lowest BCUT2D eigenvalue weighted by molar-refractivity contribution is -0.141. The Labute approximate surface area is 215 Å². The van der Waals surface area contributed by atoms with Gasteiger partial charge in [-0.25, -0.2) is 9.78 Å². The highest BCUT2D eigenvalue weighted by Crippen LogP contribution is 2.35. The zero-order valence-electron chi connectivity index (χ0n) is 21.6. The molecule has 0 unspecified atom stereocenters. The van der Waals surface area contributed by atoms with Gasteiger partial charge in [0.1, 0.15) is 28.3 Å². The number of imidazole rings is 1. The van der Waals surface area contributed by atoms with Crippen LogP contribution in [-0.4, -0.2) is 43.8 Å². The highest BCUT2D eigenvalue weighted by molar-refractivity contribution is 6.16. The molecule has 0 saturated heterocycles. The molecule has 9 nitrogen and oxygen atoms in total. The van der Waals surface area contributed by atoms with E-state index in [1.54, 1.807) is 47.6 Å². The average molecular weight is 531 g/mol. The number of pyridine rings is 1. The fourth-order valence-corrected chi connectivity index (χ4v) is 3.94. The Kier molecular flexibility index (Phi) is 6.77. The van der Waals surface area contributed by atoms with Crippen LogP contribution in [0.15, 0.2) is 34.9 Å². The zero-order valence-corrected chi connectivity index (χ0v) is 21.6. The van der Waals surface area contributed by atoms with Crippen molar-refractivity contribution in [2.24, 2.45) is 0 Å². The normalized spacial score (nSPS) is 12.1. The molecule has 0 radical (unpaired) electrons. The predicted molar refractivity (Wildman–Crippen MR) is 130 cm³/mol. The van der Waals surface area contributed by atoms with Crippen molar-refractivity contribution in [1.29, 1.82) is 0 Å². The van der Waals surface area contributed by atoms with E-state index in [9.17, 15) is 22.8 Å². The van der Waals surface area contributed by atoms with Crippen LogP contribution in [0.2, 0.25) is 0 Å². The van der Waals surface area contributed by atoms with Crippen LogP contribution in [0, 0.1) is 13.8 Å². The van der Waals surface area contributed by atoms with Crippen LogP contribution in [-0.2, 0) is 10.9 Å². The van der Waals surface area contributed by atoms with Gasteiger partial charge < -0.3 is 14.0 Å². The smallest absolute Gasteiger partial charge is 0.433 e. The number of alkyl halides is 3. The maximum atomic E-state index is 13.6. The fourth-order valence-electron chi connectivity index (χ4n) is 3.94. The topological polar surface area (TPSA) is 109 Å². The second-order valence-electron chi connectivity index (χ2n) is 9.47. The van der Waals surface area contributed by atoms with E-state index in [1.165, 1.54) is 12.1 Å². The zero-order chi connectivity index (χ0) is 28.0. The number of aromatic nitrogens is 4. The van der Waals surface area contributed by atoms with Crippen molar-refractivity contribution < 1.29 is 36.8 Å². The number of carbonyl (C=O) groups is 2. The first-order chi connectivity index (χ1) is 17.7. The Hall–Kier alpha value is -4.22. The highest BCUT2D eigenvalue weighted by Gasteiger charge is 2.34. The second kappa shape index (κ2) is 9.58. The van der Waals surface area contributed by atoms with Gasteiger partial charge >= 0.3 is 18.3 Å². The summed E-state index contributed by atoms with van der Waals surface area (Å²) in [6.45, 7) is 10.3. The van der Waals surface area contributed by atoms with Gasteiger partial charge in [0, 0.05) is 5.56 Å². The van der Waals surface area contributed by atoms with Crippen molar-refractivity contribution in [2.75, 3.05) is 6.61 Å². The molecular weight excluding hydrogens is 505 g/mol. The van der Waals surface area contributed by atoms with Crippen LogP contribution in [0.5, 0.6) is 6.01 Å². The second-order valence-corrected chi connectivity index (χ2v) is 9.47. The first-order valence-electron chi connectivity index (χ1n) is 11.7. The third kappa shape index (κ3) is 5.11. The number of aryl methyl sites for hydroxylation is 2. The average Bonchev–Trinajstić information content (AvgIpc) is 3.35. The van der Waals surface area contributed by atoms with Gasteiger partial charge in [-0.3, -0.25) is 4.79 Å². The van der Waals surface area contributed by atoms with E-state index in [0.717, 1.165) is 16.7 Å². The summed E-state index contributed by atoms with van der Waals surface area (Å²) in [7, 11) is 0. The summed E-state index contributed by atoms with van der Waals surface area (Å²) in [5.41, 5.74) is -0.952. The number of hydrogen-bond acceptors (Lipinski definition) is 8. The fraction of sp³-hybridized carbons (Fsp3) is 0.346. The monoisotopic (exact) mass is 530 g/mol. The van der Waals surface area contributed by atoms with E-state index in [1.807, 2.05) is 0 Å². The minimum absolute atomic E-state index is 0.0269. The molecule has 0 bridgehead atoms. The first kappa shape index (κ1) is 26.8. The van der Waals surface area contributed by atoms with Gasteiger partial charge in [0.05, 0.1) is 23.4 Å². The van der Waals surface area contributed by atoms with E-state index < -0.39 is 35.0 Å². The molecule has 4 rings (SSSR count). The van der Waals surface area contributed by atoms with Crippen molar-refractivity contribution in [3.8, 4) is 17.1 Å². The molecule has 200 valence electrons. The van der Waals surface area contributed by atoms with Gasteiger partial charge in [0.25, 0.3) is 0 Å². The quantitative estimate of drug-likeness (QED) is 0.283. The van der Waals surface area contributed by atoms with Gasteiger partial charge in [-0.1, -0.05) is 11.2 Å². The van der Waals surface area contributed by atoms with Crippen LogP contribution < -0.4 is 4.74 Å². The molecule has 12 heteroatoms. The van der Waals surface area contributed by atoms with Crippen LogP contribution in [0.4, 0.5) is 18.0 Å². The number of carbonyl (C=O) groups excluding carboxylic acids is 2. The number of fused-ring (bicyclic) bond motifs is 1. The molecule has 0 amide bonds. The van der Waals surface area contributed by atoms with Gasteiger partial charge in [0.15, 0.2) is 0 Å². The molecule has 0 aliphatic heterocycles. The van der Waals surface area contributed by atoms with Crippen LogP contribution in [0.1, 0.15) is 60.9 Å². The Bertz CT molecular complexity index is 1530. The minimum atomic E-state index is -4.75. The van der Waals surface area contributed by atoms with Crippen LogP contribution >= 0.6 is 0 Å². The summed E-state index contributed by atoms with van der Waals surface area (Å²) in [5.74, 6) is -0.391. The van der Waals surface area contributed by atoms with Crippen molar-refractivity contribution in [1.82, 2.24) is 19.7 Å². The maximum absolute atomic E-state index is 13.6.